The summed E-state index contributed by atoms with van der Waals surface area (Å²) in [7, 11) is 0. The van der Waals surface area contributed by atoms with Gasteiger partial charge in [0.1, 0.15) is 0 Å². The normalized spacial score (nSPS) is 35.3. The summed E-state index contributed by atoms with van der Waals surface area (Å²) in [6.07, 6.45) is 1.12. The molecule has 1 saturated carbocycles. The molecule has 0 bridgehead atoms. The molecule has 1 aliphatic carbocycles. The van der Waals surface area contributed by atoms with E-state index in [-0.39, 0.29) is 5.41 Å². The standard InChI is InChI=1S/C10H11Cl/c1-10(7-9(10)11)8-5-3-2-4-6-8/h2-6,9H,7H2,1H3/t9-,10+/m0/s1. The molecule has 0 nitrogen and oxygen atoms in total. The van der Waals surface area contributed by atoms with E-state index in [4.69, 9.17) is 11.6 Å². The Morgan fingerprint density at radius 2 is 1.91 bits per heavy atom. The molecule has 0 spiro atoms. The lowest BCUT2D eigenvalue weighted by atomic mass is 9.99. The number of halogens is 1. The number of benzene rings is 1. The van der Waals surface area contributed by atoms with Crippen LogP contribution in [0, 0.1) is 0 Å². The van der Waals surface area contributed by atoms with Crippen molar-refractivity contribution in [2.24, 2.45) is 0 Å². The van der Waals surface area contributed by atoms with Crippen LogP contribution in [-0.4, -0.2) is 5.38 Å². The van der Waals surface area contributed by atoms with E-state index in [2.05, 4.69) is 31.2 Å². The average Bonchev–Trinajstić information content (AvgIpc) is 2.64. The third-order valence-electron chi connectivity index (χ3n) is 2.57. The van der Waals surface area contributed by atoms with Crippen LogP contribution in [0.4, 0.5) is 0 Å². The van der Waals surface area contributed by atoms with Crippen LogP contribution in [0.25, 0.3) is 0 Å². The lowest BCUT2D eigenvalue weighted by Crippen LogP contribution is -2.02. The van der Waals surface area contributed by atoms with E-state index < -0.39 is 0 Å². The summed E-state index contributed by atoms with van der Waals surface area (Å²) in [5.74, 6) is 0. The van der Waals surface area contributed by atoms with Gasteiger partial charge in [0.15, 0.2) is 0 Å². The molecule has 0 aliphatic heterocycles. The van der Waals surface area contributed by atoms with E-state index in [9.17, 15) is 0 Å². The van der Waals surface area contributed by atoms with Gasteiger partial charge in [0.25, 0.3) is 0 Å². The Hall–Kier alpha value is -0.490. The van der Waals surface area contributed by atoms with Gasteiger partial charge < -0.3 is 0 Å². The van der Waals surface area contributed by atoms with Gasteiger partial charge in [-0.1, -0.05) is 37.3 Å². The molecule has 11 heavy (non-hydrogen) atoms. The van der Waals surface area contributed by atoms with E-state index in [1.807, 2.05) is 6.07 Å². The fourth-order valence-corrected chi connectivity index (χ4v) is 1.88. The van der Waals surface area contributed by atoms with Crippen molar-refractivity contribution in [2.45, 2.75) is 24.1 Å². The Morgan fingerprint density at radius 3 is 2.36 bits per heavy atom. The van der Waals surface area contributed by atoms with Crippen LogP contribution in [0.1, 0.15) is 18.9 Å². The summed E-state index contributed by atoms with van der Waals surface area (Å²) in [5, 5.41) is 0.352. The van der Waals surface area contributed by atoms with Crippen LogP contribution < -0.4 is 0 Å². The monoisotopic (exact) mass is 166 g/mol. The number of hydrogen-bond donors (Lipinski definition) is 0. The Kier molecular flexibility index (Phi) is 1.47. The predicted octanol–water partition coefficient (Wildman–Crippen LogP) is 2.96. The second kappa shape index (κ2) is 2.25. The summed E-state index contributed by atoms with van der Waals surface area (Å²) in [6.45, 7) is 2.22. The van der Waals surface area contributed by atoms with Crippen molar-refractivity contribution in [3.8, 4) is 0 Å². The molecule has 0 N–H and O–H groups in total. The lowest BCUT2D eigenvalue weighted by molar-refractivity contribution is 0.790. The highest BCUT2D eigenvalue weighted by Crippen LogP contribution is 2.51. The number of rotatable bonds is 1. The van der Waals surface area contributed by atoms with Crippen molar-refractivity contribution in [1.29, 1.82) is 0 Å². The first-order valence-electron chi connectivity index (χ1n) is 3.93. The lowest BCUT2D eigenvalue weighted by Gasteiger charge is -2.07. The highest BCUT2D eigenvalue weighted by molar-refractivity contribution is 6.23. The third-order valence-corrected chi connectivity index (χ3v) is 3.20. The summed E-state index contributed by atoms with van der Waals surface area (Å²) in [5.41, 5.74) is 1.64. The van der Waals surface area contributed by atoms with Crippen LogP contribution in [0.3, 0.4) is 0 Å². The summed E-state index contributed by atoms with van der Waals surface area (Å²) >= 11 is 6.03. The molecule has 1 fully saturated rings. The molecule has 58 valence electrons. The highest BCUT2D eigenvalue weighted by atomic mass is 35.5. The topological polar surface area (TPSA) is 0 Å². The fourth-order valence-electron chi connectivity index (χ4n) is 1.43. The summed E-state index contributed by atoms with van der Waals surface area (Å²) < 4.78 is 0. The Morgan fingerprint density at radius 1 is 1.36 bits per heavy atom. The van der Waals surface area contributed by atoms with Gasteiger partial charge in [0.05, 0.1) is 0 Å². The van der Waals surface area contributed by atoms with Crippen LogP contribution in [0.15, 0.2) is 30.3 Å². The Labute approximate surface area is 72.2 Å². The van der Waals surface area contributed by atoms with E-state index >= 15 is 0 Å². The van der Waals surface area contributed by atoms with Crippen LogP contribution in [0.5, 0.6) is 0 Å². The number of alkyl halides is 1. The zero-order chi connectivity index (χ0) is 7.90. The fraction of sp³-hybridized carbons (Fsp3) is 0.400. The quantitative estimate of drug-likeness (QED) is 0.563. The van der Waals surface area contributed by atoms with E-state index in [1.54, 1.807) is 0 Å². The van der Waals surface area contributed by atoms with Crippen molar-refractivity contribution in [3.63, 3.8) is 0 Å². The van der Waals surface area contributed by atoms with Crippen LogP contribution >= 0.6 is 11.6 Å². The van der Waals surface area contributed by atoms with Crippen LogP contribution in [0.2, 0.25) is 0 Å². The molecule has 2 rings (SSSR count). The molecule has 0 unspecified atom stereocenters. The van der Waals surface area contributed by atoms with Gasteiger partial charge in [0.2, 0.25) is 0 Å². The molecule has 0 saturated heterocycles. The maximum absolute atomic E-state index is 6.03. The molecular formula is C10H11Cl. The Balaban J connectivity index is 2.32. The second-order valence-corrected chi connectivity index (χ2v) is 3.98. The second-order valence-electron chi connectivity index (χ2n) is 3.46. The first-order chi connectivity index (χ1) is 5.23. The smallest absolute Gasteiger partial charge is 0.0439 e. The predicted molar refractivity (Wildman–Crippen MR) is 48.1 cm³/mol. The van der Waals surface area contributed by atoms with E-state index in [1.165, 1.54) is 5.56 Å². The molecule has 1 aromatic carbocycles. The molecule has 0 radical (unpaired) electrons. The van der Waals surface area contributed by atoms with Gasteiger partial charge in [0, 0.05) is 10.8 Å². The van der Waals surface area contributed by atoms with Gasteiger partial charge >= 0.3 is 0 Å². The minimum atomic E-state index is 0.267. The van der Waals surface area contributed by atoms with Crippen molar-refractivity contribution in [3.05, 3.63) is 35.9 Å². The zero-order valence-corrected chi connectivity index (χ0v) is 7.31. The SMILES string of the molecule is C[C@]1(c2ccccc2)C[C@@H]1Cl. The molecule has 2 atom stereocenters. The summed E-state index contributed by atoms with van der Waals surface area (Å²) in [4.78, 5) is 0. The summed E-state index contributed by atoms with van der Waals surface area (Å²) in [6, 6.07) is 10.5. The van der Waals surface area contributed by atoms with Gasteiger partial charge in [-0.15, -0.1) is 11.6 Å². The molecule has 1 aromatic rings. The molecule has 0 aromatic heterocycles. The average molecular weight is 167 g/mol. The van der Waals surface area contributed by atoms with E-state index in [0.717, 1.165) is 6.42 Å². The van der Waals surface area contributed by atoms with Gasteiger partial charge in [-0.05, 0) is 12.0 Å². The zero-order valence-electron chi connectivity index (χ0n) is 6.55. The molecule has 1 aliphatic rings. The van der Waals surface area contributed by atoms with Crippen LogP contribution in [-0.2, 0) is 5.41 Å². The van der Waals surface area contributed by atoms with Crippen molar-refractivity contribution < 1.29 is 0 Å². The molecular weight excluding hydrogens is 156 g/mol. The van der Waals surface area contributed by atoms with Crippen molar-refractivity contribution in [1.82, 2.24) is 0 Å². The van der Waals surface area contributed by atoms with Gasteiger partial charge in [-0.2, -0.15) is 0 Å². The molecule has 0 amide bonds. The van der Waals surface area contributed by atoms with Crippen molar-refractivity contribution >= 4 is 11.6 Å². The van der Waals surface area contributed by atoms with Crippen molar-refractivity contribution in [2.75, 3.05) is 0 Å². The maximum Gasteiger partial charge on any atom is 0.0439 e. The van der Waals surface area contributed by atoms with Gasteiger partial charge in [-0.3, -0.25) is 0 Å². The van der Waals surface area contributed by atoms with E-state index in [0.29, 0.717) is 5.38 Å². The molecule has 1 heteroatoms. The first kappa shape index (κ1) is 7.17. The highest BCUT2D eigenvalue weighted by Gasteiger charge is 2.49. The third kappa shape index (κ3) is 1.06. The maximum atomic E-state index is 6.03. The number of hydrogen-bond acceptors (Lipinski definition) is 0. The largest absolute Gasteiger partial charge is 0.122 e. The minimum absolute atomic E-state index is 0.267. The van der Waals surface area contributed by atoms with Gasteiger partial charge in [-0.25, -0.2) is 0 Å². The molecule has 0 heterocycles. The Bertz CT molecular complexity index is 255. The first-order valence-corrected chi connectivity index (χ1v) is 4.37. The minimum Gasteiger partial charge on any atom is -0.122 e.